The minimum absolute atomic E-state index is 0.0884. The van der Waals surface area contributed by atoms with E-state index in [2.05, 4.69) is 15.5 Å². The first-order chi connectivity index (χ1) is 12.4. The zero-order chi connectivity index (χ0) is 19.1. The van der Waals surface area contributed by atoms with Crippen LogP contribution in [-0.4, -0.2) is 29.8 Å². The average molecular weight is 356 g/mol. The summed E-state index contributed by atoms with van der Waals surface area (Å²) in [5.41, 5.74) is 0.0582. The van der Waals surface area contributed by atoms with Crippen LogP contribution in [0.25, 0.3) is 0 Å². The maximum absolute atomic E-state index is 12.3. The Labute approximate surface area is 148 Å². The standard InChI is InChI=1S/C17H16N4O5/c1-11(22)16(17(23)18-12-6-4-3-5-7-12)20-19-14-9-8-13(26-2)10-15(14)21(24)25/h3-10,16H,1-2H3,(H,18,23). The molecule has 2 aromatic carbocycles. The third kappa shape index (κ3) is 4.69. The lowest BCUT2D eigenvalue weighted by Crippen LogP contribution is -2.31. The predicted octanol–water partition coefficient (Wildman–Crippen LogP) is 3.28. The number of nitro groups is 1. The smallest absolute Gasteiger partial charge is 0.300 e. The van der Waals surface area contributed by atoms with Crippen LogP contribution in [0.1, 0.15) is 6.92 Å². The molecule has 0 aromatic heterocycles. The number of benzene rings is 2. The molecule has 0 saturated carbocycles. The number of rotatable bonds is 7. The number of nitrogens with one attached hydrogen (secondary N) is 1. The van der Waals surface area contributed by atoms with Gasteiger partial charge in [0, 0.05) is 5.69 Å². The zero-order valence-electron chi connectivity index (χ0n) is 14.1. The average Bonchev–Trinajstić information content (AvgIpc) is 2.62. The van der Waals surface area contributed by atoms with Gasteiger partial charge in [-0.1, -0.05) is 18.2 Å². The molecule has 0 aliphatic carbocycles. The molecule has 0 aliphatic rings. The van der Waals surface area contributed by atoms with Crippen molar-refractivity contribution in [1.82, 2.24) is 0 Å². The Morgan fingerprint density at radius 3 is 2.46 bits per heavy atom. The minimum atomic E-state index is -1.42. The van der Waals surface area contributed by atoms with E-state index >= 15 is 0 Å². The summed E-state index contributed by atoms with van der Waals surface area (Å²) < 4.78 is 4.93. The molecule has 2 rings (SSSR count). The van der Waals surface area contributed by atoms with Crippen molar-refractivity contribution in [1.29, 1.82) is 0 Å². The molecular weight excluding hydrogens is 340 g/mol. The summed E-state index contributed by atoms with van der Waals surface area (Å²) in [5, 5.41) is 21.1. The zero-order valence-corrected chi connectivity index (χ0v) is 14.1. The van der Waals surface area contributed by atoms with E-state index in [0.29, 0.717) is 5.69 Å². The van der Waals surface area contributed by atoms with Crippen LogP contribution in [0.5, 0.6) is 5.75 Å². The maximum atomic E-state index is 12.3. The quantitative estimate of drug-likeness (QED) is 0.353. The molecule has 1 atom stereocenters. The molecule has 1 amide bonds. The van der Waals surface area contributed by atoms with Gasteiger partial charge in [0.05, 0.1) is 18.1 Å². The van der Waals surface area contributed by atoms with E-state index in [9.17, 15) is 19.7 Å². The second-order valence-corrected chi connectivity index (χ2v) is 5.20. The van der Waals surface area contributed by atoms with Crippen LogP contribution in [0, 0.1) is 10.1 Å². The Kier molecular flexibility index (Phi) is 6.10. The van der Waals surface area contributed by atoms with Crippen molar-refractivity contribution in [2.75, 3.05) is 12.4 Å². The Morgan fingerprint density at radius 2 is 1.88 bits per heavy atom. The predicted molar refractivity (Wildman–Crippen MR) is 93.7 cm³/mol. The molecule has 134 valence electrons. The van der Waals surface area contributed by atoms with Crippen LogP contribution < -0.4 is 10.1 Å². The summed E-state index contributed by atoms with van der Waals surface area (Å²) in [6.45, 7) is 1.19. The van der Waals surface area contributed by atoms with E-state index in [4.69, 9.17) is 4.74 Å². The van der Waals surface area contributed by atoms with E-state index in [-0.39, 0.29) is 17.1 Å². The third-order valence-corrected chi connectivity index (χ3v) is 3.33. The van der Waals surface area contributed by atoms with Gasteiger partial charge < -0.3 is 10.1 Å². The van der Waals surface area contributed by atoms with E-state index in [1.165, 1.54) is 32.2 Å². The summed E-state index contributed by atoms with van der Waals surface area (Å²) in [7, 11) is 1.37. The van der Waals surface area contributed by atoms with Crippen molar-refractivity contribution in [2.45, 2.75) is 13.0 Å². The van der Waals surface area contributed by atoms with Crippen LogP contribution in [0.2, 0.25) is 0 Å². The van der Waals surface area contributed by atoms with E-state index in [0.717, 1.165) is 0 Å². The molecule has 0 aliphatic heterocycles. The number of amides is 1. The molecule has 9 heteroatoms. The van der Waals surface area contributed by atoms with Crippen molar-refractivity contribution in [3.63, 3.8) is 0 Å². The Morgan fingerprint density at radius 1 is 1.19 bits per heavy atom. The van der Waals surface area contributed by atoms with Crippen molar-refractivity contribution in [2.24, 2.45) is 10.2 Å². The van der Waals surface area contributed by atoms with Crippen LogP contribution in [0.4, 0.5) is 17.1 Å². The number of hydrogen-bond acceptors (Lipinski definition) is 7. The number of nitrogens with zero attached hydrogens (tertiary/aromatic N) is 3. The van der Waals surface area contributed by atoms with Crippen LogP contribution in [-0.2, 0) is 9.59 Å². The largest absolute Gasteiger partial charge is 0.496 e. The van der Waals surface area contributed by atoms with E-state index in [1.807, 2.05) is 0 Å². The SMILES string of the molecule is COc1ccc(N=NC(C(C)=O)C(=O)Nc2ccccc2)c([N+](=O)[O-])c1. The number of carbonyl (C=O) groups is 2. The highest BCUT2D eigenvalue weighted by molar-refractivity contribution is 6.10. The number of anilines is 1. The molecule has 0 fully saturated rings. The number of para-hydroxylation sites is 1. The molecule has 1 N–H and O–H groups in total. The van der Waals surface area contributed by atoms with Gasteiger partial charge in [-0.15, -0.1) is 5.11 Å². The van der Waals surface area contributed by atoms with Crippen molar-refractivity contribution in [3.8, 4) is 5.75 Å². The van der Waals surface area contributed by atoms with Crippen molar-refractivity contribution in [3.05, 3.63) is 58.6 Å². The Balaban J connectivity index is 2.26. The van der Waals surface area contributed by atoms with Crippen molar-refractivity contribution >= 4 is 28.8 Å². The van der Waals surface area contributed by atoms with Gasteiger partial charge in [0.1, 0.15) is 5.75 Å². The highest BCUT2D eigenvalue weighted by atomic mass is 16.6. The summed E-state index contributed by atoms with van der Waals surface area (Å²) in [6.07, 6.45) is 0. The lowest BCUT2D eigenvalue weighted by atomic mass is 10.2. The second kappa shape index (κ2) is 8.47. The molecule has 0 radical (unpaired) electrons. The molecule has 0 spiro atoms. The first-order valence-corrected chi connectivity index (χ1v) is 7.52. The van der Waals surface area contributed by atoms with Gasteiger partial charge >= 0.3 is 0 Å². The number of methoxy groups -OCH3 is 1. The number of nitro benzene ring substituents is 1. The molecule has 0 bridgehead atoms. The fourth-order valence-electron chi connectivity index (χ4n) is 2.03. The number of ketones is 1. The molecular formula is C17H16N4O5. The van der Waals surface area contributed by atoms with Gasteiger partial charge in [-0.3, -0.25) is 19.7 Å². The highest BCUT2D eigenvalue weighted by Crippen LogP contribution is 2.31. The molecule has 9 nitrogen and oxygen atoms in total. The molecule has 0 saturated heterocycles. The maximum Gasteiger partial charge on any atom is 0.300 e. The topological polar surface area (TPSA) is 123 Å². The summed E-state index contributed by atoms with van der Waals surface area (Å²) >= 11 is 0. The van der Waals surface area contributed by atoms with Gasteiger partial charge in [0.2, 0.25) is 6.04 Å². The van der Waals surface area contributed by atoms with Gasteiger partial charge in [-0.2, -0.15) is 5.11 Å². The number of carbonyl (C=O) groups excluding carboxylic acids is 2. The highest BCUT2D eigenvalue weighted by Gasteiger charge is 2.24. The monoisotopic (exact) mass is 356 g/mol. The first-order valence-electron chi connectivity index (χ1n) is 7.52. The molecule has 2 aromatic rings. The fraction of sp³-hybridized carbons (Fsp3) is 0.176. The lowest BCUT2D eigenvalue weighted by Gasteiger charge is -2.09. The van der Waals surface area contributed by atoms with Gasteiger partial charge in [0.15, 0.2) is 11.5 Å². The Bertz CT molecular complexity index is 851. The van der Waals surface area contributed by atoms with Crippen molar-refractivity contribution < 1.29 is 19.2 Å². The molecule has 1 unspecified atom stereocenters. The number of azo groups is 1. The summed E-state index contributed by atoms with van der Waals surface area (Å²) in [4.78, 5) is 34.5. The lowest BCUT2D eigenvalue weighted by molar-refractivity contribution is -0.384. The van der Waals surface area contributed by atoms with Gasteiger partial charge in [0.25, 0.3) is 11.6 Å². The third-order valence-electron chi connectivity index (χ3n) is 3.33. The summed E-state index contributed by atoms with van der Waals surface area (Å²) in [6, 6.07) is 11.1. The van der Waals surface area contributed by atoms with Crippen LogP contribution in [0.3, 0.4) is 0 Å². The minimum Gasteiger partial charge on any atom is -0.496 e. The van der Waals surface area contributed by atoms with E-state index < -0.39 is 22.7 Å². The van der Waals surface area contributed by atoms with Gasteiger partial charge in [-0.25, -0.2) is 0 Å². The fourth-order valence-corrected chi connectivity index (χ4v) is 2.03. The van der Waals surface area contributed by atoms with Crippen LogP contribution in [0.15, 0.2) is 58.8 Å². The number of ether oxygens (including phenoxy) is 1. The number of Topliss-reactive ketones (excluding diaryl/α,β-unsaturated/α-hetero) is 1. The molecule has 26 heavy (non-hydrogen) atoms. The second-order valence-electron chi connectivity index (χ2n) is 5.20. The number of hydrogen-bond donors (Lipinski definition) is 1. The summed E-state index contributed by atoms with van der Waals surface area (Å²) in [5.74, 6) is -0.942. The Hall–Kier alpha value is -3.62. The molecule has 0 heterocycles. The van der Waals surface area contributed by atoms with E-state index in [1.54, 1.807) is 30.3 Å². The normalized spacial score (nSPS) is 11.8. The van der Waals surface area contributed by atoms with Gasteiger partial charge in [-0.05, 0) is 31.2 Å². The van der Waals surface area contributed by atoms with Crippen LogP contribution >= 0.6 is 0 Å². The first kappa shape index (κ1) is 18.7.